The van der Waals surface area contributed by atoms with E-state index in [1.165, 1.54) is 18.2 Å². The zero-order chi connectivity index (χ0) is 15.6. The number of rotatable bonds is 5. The number of furan rings is 1. The predicted molar refractivity (Wildman–Crippen MR) is 75.6 cm³/mol. The summed E-state index contributed by atoms with van der Waals surface area (Å²) in [5.41, 5.74) is 0.804. The number of aryl methyl sites for hydroxylation is 1. The first-order valence-corrected chi connectivity index (χ1v) is 6.16. The lowest BCUT2D eigenvalue weighted by Gasteiger charge is -2.19. The highest BCUT2D eigenvalue weighted by atomic mass is 16.6. The van der Waals surface area contributed by atoms with Gasteiger partial charge >= 0.3 is 5.97 Å². The van der Waals surface area contributed by atoms with Gasteiger partial charge in [-0.25, -0.2) is 4.79 Å². The molecule has 0 unspecified atom stereocenters. The molecular formula is C14H14N2O5. The van der Waals surface area contributed by atoms with E-state index in [1.807, 2.05) is 13.0 Å². The van der Waals surface area contributed by atoms with Crippen molar-refractivity contribution < 1.29 is 19.2 Å². The summed E-state index contributed by atoms with van der Waals surface area (Å²) in [4.78, 5) is 23.1. The van der Waals surface area contributed by atoms with Gasteiger partial charge in [-0.2, -0.15) is 0 Å². The number of hydrogen-bond acceptors (Lipinski definition) is 5. The van der Waals surface area contributed by atoms with E-state index in [4.69, 9.17) is 9.52 Å². The van der Waals surface area contributed by atoms with Crippen LogP contribution in [0.2, 0.25) is 0 Å². The number of carboxylic acid groups (broad SMARTS) is 1. The summed E-state index contributed by atoms with van der Waals surface area (Å²) in [5, 5.41) is 19.9. The Bertz CT molecular complexity index is 692. The number of carbonyl (C=O) groups is 1. The fourth-order valence-corrected chi connectivity index (χ4v) is 2.01. The second-order valence-electron chi connectivity index (χ2n) is 4.62. The molecular weight excluding hydrogens is 276 g/mol. The lowest BCUT2D eigenvalue weighted by atomic mass is 10.1. The fraction of sp³-hybridized carbons (Fsp3) is 0.214. The van der Waals surface area contributed by atoms with Gasteiger partial charge in [-0.15, -0.1) is 0 Å². The topological polar surface area (TPSA) is 96.8 Å². The van der Waals surface area contributed by atoms with E-state index in [-0.39, 0.29) is 5.56 Å². The number of nitro benzene ring substituents is 1. The molecule has 0 saturated carbocycles. The highest BCUT2D eigenvalue weighted by molar-refractivity contribution is 5.93. The zero-order valence-electron chi connectivity index (χ0n) is 11.6. The van der Waals surface area contributed by atoms with Crippen molar-refractivity contribution in [3.8, 4) is 0 Å². The van der Waals surface area contributed by atoms with E-state index < -0.39 is 16.6 Å². The molecule has 2 aromatic rings. The molecule has 110 valence electrons. The smallest absolute Gasteiger partial charge is 0.342 e. The first-order chi connectivity index (χ1) is 9.90. The van der Waals surface area contributed by atoms with Gasteiger partial charge in [0, 0.05) is 30.9 Å². The van der Waals surface area contributed by atoms with Gasteiger partial charge in [0.1, 0.15) is 11.3 Å². The quantitative estimate of drug-likeness (QED) is 0.671. The molecule has 1 N–H and O–H groups in total. The number of carboxylic acids is 1. The Morgan fingerprint density at radius 1 is 1.43 bits per heavy atom. The molecule has 7 nitrogen and oxygen atoms in total. The Balaban J connectivity index is 2.32. The number of aromatic carboxylic acids is 1. The van der Waals surface area contributed by atoms with E-state index in [1.54, 1.807) is 18.2 Å². The molecule has 1 aromatic heterocycles. The van der Waals surface area contributed by atoms with E-state index >= 15 is 0 Å². The number of nitrogens with zero attached hydrogens (tertiary/aromatic N) is 2. The van der Waals surface area contributed by atoms with Crippen LogP contribution in [0.4, 0.5) is 11.4 Å². The van der Waals surface area contributed by atoms with E-state index in [2.05, 4.69) is 0 Å². The lowest BCUT2D eigenvalue weighted by molar-refractivity contribution is -0.385. The molecule has 0 radical (unpaired) electrons. The van der Waals surface area contributed by atoms with Gasteiger partial charge in [0.2, 0.25) is 0 Å². The minimum absolute atomic E-state index is 0.326. The first-order valence-electron chi connectivity index (χ1n) is 6.16. The first kappa shape index (κ1) is 14.6. The lowest BCUT2D eigenvalue weighted by Crippen LogP contribution is -2.17. The van der Waals surface area contributed by atoms with Crippen LogP contribution in [0.25, 0.3) is 0 Å². The molecule has 21 heavy (non-hydrogen) atoms. The van der Waals surface area contributed by atoms with Crippen molar-refractivity contribution >= 4 is 17.3 Å². The molecule has 1 heterocycles. The molecule has 1 aromatic carbocycles. The van der Waals surface area contributed by atoms with Crippen molar-refractivity contribution in [1.82, 2.24) is 0 Å². The minimum Gasteiger partial charge on any atom is -0.477 e. The van der Waals surface area contributed by atoms with Crippen LogP contribution in [-0.2, 0) is 6.54 Å². The van der Waals surface area contributed by atoms with Crippen LogP contribution in [0.3, 0.4) is 0 Å². The van der Waals surface area contributed by atoms with Crippen molar-refractivity contribution in [3.63, 3.8) is 0 Å². The standard InChI is InChI=1S/C14H14N2O5/c1-9-10(5-6-21-9)8-15(2)11-3-4-13(16(19)20)12(7-11)14(17)18/h3-7H,8H2,1-2H3,(H,17,18). The Morgan fingerprint density at radius 2 is 2.14 bits per heavy atom. The average molecular weight is 290 g/mol. The van der Waals surface area contributed by atoms with Gasteiger partial charge in [0.15, 0.2) is 0 Å². The van der Waals surface area contributed by atoms with E-state index in [0.29, 0.717) is 12.2 Å². The molecule has 0 aliphatic carbocycles. The molecule has 0 saturated heterocycles. The van der Waals surface area contributed by atoms with Crippen molar-refractivity contribution in [2.45, 2.75) is 13.5 Å². The van der Waals surface area contributed by atoms with Gasteiger partial charge in [-0.1, -0.05) is 0 Å². The second kappa shape index (κ2) is 5.66. The van der Waals surface area contributed by atoms with Crippen molar-refractivity contribution in [2.24, 2.45) is 0 Å². The fourth-order valence-electron chi connectivity index (χ4n) is 2.01. The maximum Gasteiger partial charge on any atom is 0.342 e. The largest absolute Gasteiger partial charge is 0.477 e. The Hall–Kier alpha value is -2.83. The summed E-state index contributed by atoms with van der Waals surface area (Å²) in [5.74, 6) is -0.543. The summed E-state index contributed by atoms with van der Waals surface area (Å²) < 4.78 is 5.20. The Kier molecular flexibility index (Phi) is 3.93. The van der Waals surface area contributed by atoms with Crippen LogP contribution in [-0.4, -0.2) is 23.0 Å². The van der Waals surface area contributed by atoms with E-state index in [9.17, 15) is 14.9 Å². The number of benzene rings is 1. The van der Waals surface area contributed by atoms with Crippen LogP contribution in [0.15, 0.2) is 34.9 Å². The highest BCUT2D eigenvalue weighted by Gasteiger charge is 2.21. The second-order valence-corrected chi connectivity index (χ2v) is 4.62. The molecule has 7 heteroatoms. The molecule has 0 fully saturated rings. The highest BCUT2D eigenvalue weighted by Crippen LogP contribution is 2.26. The third-order valence-electron chi connectivity index (χ3n) is 3.22. The summed E-state index contributed by atoms with van der Waals surface area (Å²) in [6, 6.07) is 5.86. The SMILES string of the molecule is Cc1occc1CN(C)c1ccc([N+](=O)[O-])c(C(=O)O)c1. The molecule has 0 bridgehead atoms. The summed E-state index contributed by atoms with van der Waals surface area (Å²) in [6.07, 6.45) is 1.58. The third kappa shape index (κ3) is 3.02. The molecule has 0 atom stereocenters. The summed E-state index contributed by atoms with van der Waals surface area (Å²) >= 11 is 0. The van der Waals surface area contributed by atoms with Gasteiger partial charge in [-0.05, 0) is 25.1 Å². The summed E-state index contributed by atoms with van der Waals surface area (Å²) in [6.45, 7) is 2.35. The third-order valence-corrected chi connectivity index (χ3v) is 3.22. The van der Waals surface area contributed by atoms with Crippen molar-refractivity contribution in [2.75, 3.05) is 11.9 Å². The molecule has 0 aliphatic heterocycles. The predicted octanol–water partition coefficient (Wildman–Crippen LogP) is 2.83. The maximum absolute atomic E-state index is 11.1. The van der Waals surface area contributed by atoms with E-state index in [0.717, 1.165) is 11.3 Å². The van der Waals surface area contributed by atoms with Crippen LogP contribution in [0.1, 0.15) is 21.7 Å². The van der Waals surface area contributed by atoms with Crippen LogP contribution < -0.4 is 4.90 Å². The van der Waals surface area contributed by atoms with Gasteiger partial charge < -0.3 is 14.4 Å². The Morgan fingerprint density at radius 3 is 2.67 bits per heavy atom. The van der Waals surface area contributed by atoms with Gasteiger partial charge in [0.05, 0.1) is 11.2 Å². The minimum atomic E-state index is -1.32. The molecule has 0 aliphatic rings. The van der Waals surface area contributed by atoms with Gasteiger partial charge in [-0.3, -0.25) is 10.1 Å². The van der Waals surface area contributed by atoms with Gasteiger partial charge in [0.25, 0.3) is 5.69 Å². The maximum atomic E-state index is 11.1. The van der Waals surface area contributed by atoms with Crippen LogP contribution >= 0.6 is 0 Å². The monoisotopic (exact) mass is 290 g/mol. The number of nitro groups is 1. The van der Waals surface area contributed by atoms with Crippen LogP contribution in [0.5, 0.6) is 0 Å². The average Bonchev–Trinajstić information content (AvgIpc) is 2.83. The normalized spacial score (nSPS) is 10.4. The molecule has 0 spiro atoms. The van der Waals surface area contributed by atoms with Crippen molar-refractivity contribution in [3.05, 3.63) is 57.5 Å². The summed E-state index contributed by atoms with van der Waals surface area (Å²) in [7, 11) is 1.78. The Labute approximate surface area is 120 Å². The molecule has 2 rings (SSSR count). The zero-order valence-corrected chi connectivity index (χ0v) is 11.6. The van der Waals surface area contributed by atoms with Crippen molar-refractivity contribution in [1.29, 1.82) is 0 Å². The number of hydrogen-bond donors (Lipinski definition) is 1. The van der Waals surface area contributed by atoms with Crippen LogP contribution in [0, 0.1) is 17.0 Å². The molecule has 0 amide bonds. The number of anilines is 1.